The van der Waals surface area contributed by atoms with E-state index in [0.29, 0.717) is 44.6 Å². The van der Waals surface area contributed by atoms with Crippen molar-refractivity contribution in [1.82, 2.24) is 20.6 Å². The molecule has 1 heterocycles. The lowest BCUT2D eigenvalue weighted by Crippen LogP contribution is -2.29. The summed E-state index contributed by atoms with van der Waals surface area (Å²) in [6.45, 7) is 1.66. The zero-order valence-corrected chi connectivity index (χ0v) is 23.7. The molecule has 0 bridgehead atoms. The minimum Gasteiger partial charge on any atom is -0.365 e. The number of hydrogen-bond acceptors (Lipinski definition) is 5. The standard InChI is InChI=1S/C31H27ClF3N7O/c1-20-10-13-23(14-11-20)36-30(43)37-27-18-21(24-7-3-4-8-25(24)29-38-40-41-39-29)12-15-28(27)42(17-16-31(33,34)35)19-22-6-2-5-9-26(22)32/h2-15,18H,16-17,19H2,1H3,(H2,36,37,43)(H,38,39,40,41). The van der Waals surface area contributed by atoms with E-state index in [1.54, 1.807) is 59.5 Å². The van der Waals surface area contributed by atoms with E-state index in [1.165, 1.54) is 0 Å². The van der Waals surface area contributed by atoms with Crippen LogP contribution in [0.3, 0.4) is 0 Å². The molecule has 220 valence electrons. The fourth-order valence-electron chi connectivity index (χ4n) is 4.59. The lowest BCUT2D eigenvalue weighted by Gasteiger charge is -2.29. The third kappa shape index (κ3) is 7.69. The summed E-state index contributed by atoms with van der Waals surface area (Å²) in [7, 11) is 0. The molecule has 0 radical (unpaired) electrons. The number of aromatic amines is 1. The molecule has 12 heteroatoms. The van der Waals surface area contributed by atoms with Crippen LogP contribution in [0.2, 0.25) is 5.02 Å². The van der Waals surface area contributed by atoms with Crippen LogP contribution in [0, 0.1) is 6.92 Å². The van der Waals surface area contributed by atoms with Gasteiger partial charge in [-0.3, -0.25) is 0 Å². The van der Waals surface area contributed by atoms with E-state index in [4.69, 9.17) is 11.6 Å². The zero-order chi connectivity index (χ0) is 30.4. The number of carbonyl (C=O) groups excluding carboxylic acids is 1. The van der Waals surface area contributed by atoms with Crippen LogP contribution in [0.25, 0.3) is 22.5 Å². The molecule has 43 heavy (non-hydrogen) atoms. The molecule has 3 N–H and O–H groups in total. The fraction of sp³-hybridized carbons (Fsp3) is 0.161. The van der Waals surface area contributed by atoms with Crippen LogP contribution in [0.4, 0.5) is 35.0 Å². The van der Waals surface area contributed by atoms with Crippen molar-refractivity contribution < 1.29 is 18.0 Å². The van der Waals surface area contributed by atoms with Crippen LogP contribution in [-0.2, 0) is 6.54 Å². The second kappa shape index (κ2) is 13.0. The average molecular weight is 606 g/mol. The van der Waals surface area contributed by atoms with Gasteiger partial charge < -0.3 is 15.5 Å². The molecule has 1 aromatic heterocycles. The molecule has 0 saturated heterocycles. The van der Waals surface area contributed by atoms with Gasteiger partial charge in [-0.15, -0.1) is 5.10 Å². The summed E-state index contributed by atoms with van der Waals surface area (Å²) >= 11 is 6.40. The SMILES string of the molecule is Cc1ccc(NC(=O)Nc2cc(-c3ccccc3-c3nnn[nH]3)ccc2N(CCC(F)(F)F)Cc2ccccc2Cl)cc1. The summed E-state index contributed by atoms with van der Waals surface area (Å²) in [5, 5.41) is 20.2. The maximum Gasteiger partial charge on any atom is 0.390 e. The number of halogens is 4. The van der Waals surface area contributed by atoms with E-state index in [9.17, 15) is 18.0 Å². The Kier molecular flexibility index (Phi) is 8.91. The number of carbonyl (C=O) groups is 1. The number of alkyl halides is 3. The molecule has 0 unspecified atom stereocenters. The Morgan fingerprint density at radius 2 is 1.65 bits per heavy atom. The average Bonchev–Trinajstić information content (AvgIpc) is 3.52. The van der Waals surface area contributed by atoms with Gasteiger partial charge in [-0.2, -0.15) is 13.2 Å². The third-order valence-electron chi connectivity index (χ3n) is 6.72. The zero-order valence-electron chi connectivity index (χ0n) is 23.0. The topological polar surface area (TPSA) is 98.8 Å². The second-order valence-corrected chi connectivity index (χ2v) is 10.3. The quantitative estimate of drug-likeness (QED) is 0.158. The predicted octanol–water partition coefficient (Wildman–Crippen LogP) is 8.10. The molecular weight excluding hydrogens is 579 g/mol. The van der Waals surface area contributed by atoms with E-state index in [0.717, 1.165) is 11.1 Å². The van der Waals surface area contributed by atoms with Gasteiger partial charge in [0.05, 0.1) is 17.8 Å². The molecule has 2 amide bonds. The summed E-state index contributed by atoms with van der Waals surface area (Å²) in [6.07, 6.45) is -5.45. The summed E-state index contributed by atoms with van der Waals surface area (Å²) < 4.78 is 40.3. The number of urea groups is 1. The molecule has 0 fully saturated rings. The first-order valence-electron chi connectivity index (χ1n) is 13.3. The molecule has 0 saturated carbocycles. The Morgan fingerprint density at radius 1 is 0.930 bits per heavy atom. The minimum atomic E-state index is -4.39. The number of anilines is 3. The van der Waals surface area contributed by atoms with Gasteiger partial charge >= 0.3 is 12.2 Å². The number of aromatic nitrogens is 4. The van der Waals surface area contributed by atoms with Crippen molar-refractivity contribution in [2.75, 3.05) is 22.1 Å². The molecular formula is C31H27ClF3N7O. The molecule has 5 aromatic rings. The number of tetrazole rings is 1. The van der Waals surface area contributed by atoms with E-state index in [1.807, 2.05) is 43.3 Å². The molecule has 8 nitrogen and oxygen atoms in total. The first kappa shape index (κ1) is 29.6. The maximum atomic E-state index is 13.4. The van der Waals surface area contributed by atoms with Crippen molar-refractivity contribution in [3.05, 3.63) is 107 Å². The van der Waals surface area contributed by atoms with Crippen molar-refractivity contribution in [3.8, 4) is 22.5 Å². The van der Waals surface area contributed by atoms with Gasteiger partial charge in [-0.25, -0.2) is 9.89 Å². The lowest BCUT2D eigenvalue weighted by atomic mass is 9.98. The second-order valence-electron chi connectivity index (χ2n) is 9.85. The highest BCUT2D eigenvalue weighted by atomic mass is 35.5. The van der Waals surface area contributed by atoms with E-state index < -0.39 is 18.6 Å². The number of nitrogens with zero attached hydrogens (tertiary/aromatic N) is 4. The van der Waals surface area contributed by atoms with E-state index in [2.05, 4.69) is 31.3 Å². The maximum absolute atomic E-state index is 13.4. The van der Waals surface area contributed by atoms with Crippen LogP contribution in [0.5, 0.6) is 0 Å². The van der Waals surface area contributed by atoms with Crippen LogP contribution in [0.15, 0.2) is 91.0 Å². The number of benzene rings is 4. The van der Waals surface area contributed by atoms with Gasteiger partial charge in [0, 0.05) is 29.4 Å². The minimum absolute atomic E-state index is 0.0870. The van der Waals surface area contributed by atoms with Crippen LogP contribution in [-0.4, -0.2) is 39.4 Å². The molecule has 0 aliphatic heterocycles. The Hall–Kier alpha value is -4.90. The molecule has 0 spiro atoms. The molecule has 0 atom stereocenters. The van der Waals surface area contributed by atoms with Crippen LogP contribution < -0.4 is 15.5 Å². The summed E-state index contributed by atoms with van der Waals surface area (Å²) in [4.78, 5) is 14.8. The van der Waals surface area contributed by atoms with Gasteiger partial charge in [0.2, 0.25) is 0 Å². The highest BCUT2D eigenvalue weighted by Gasteiger charge is 2.29. The summed E-state index contributed by atoms with van der Waals surface area (Å²) in [5.74, 6) is 0.442. The normalized spacial score (nSPS) is 11.3. The fourth-order valence-corrected chi connectivity index (χ4v) is 4.79. The molecule has 4 aromatic carbocycles. The Morgan fingerprint density at radius 3 is 2.35 bits per heavy atom. The number of H-pyrrole nitrogens is 1. The van der Waals surface area contributed by atoms with Gasteiger partial charge in [-0.05, 0) is 64.4 Å². The monoisotopic (exact) mass is 605 g/mol. The Balaban J connectivity index is 1.57. The smallest absolute Gasteiger partial charge is 0.365 e. The molecule has 0 aliphatic rings. The van der Waals surface area contributed by atoms with E-state index >= 15 is 0 Å². The highest BCUT2D eigenvalue weighted by Crippen LogP contribution is 2.37. The van der Waals surface area contributed by atoms with Crippen molar-refractivity contribution in [1.29, 1.82) is 0 Å². The summed E-state index contributed by atoms with van der Waals surface area (Å²) in [5.41, 5.74) is 5.09. The number of hydrogen-bond donors (Lipinski definition) is 3. The van der Waals surface area contributed by atoms with Gasteiger partial charge in [0.25, 0.3) is 0 Å². The number of nitrogens with one attached hydrogen (secondary N) is 3. The van der Waals surface area contributed by atoms with Crippen molar-refractivity contribution >= 4 is 34.7 Å². The van der Waals surface area contributed by atoms with Crippen molar-refractivity contribution in [3.63, 3.8) is 0 Å². The van der Waals surface area contributed by atoms with Gasteiger partial charge in [0.15, 0.2) is 5.82 Å². The van der Waals surface area contributed by atoms with Crippen LogP contribution >= 0.6 is 11.6 Å². The third-order valence-corrected chi connectivity index (χ3v) is 7.09. The first-order valence-corrected chi connectivity index (χ1v) is 13.7. The number of aryl methyl sites for hydroxylation is 1. The van der Waals surface area contributed by atoms with Crippen molar-refractivity contribution in [2.45, 2.75) is 26.1 Å². The lowest BCUT2D eigenvalue weighted by molar-refractivity contribution is -0.132. The first-order chi connectivity index (χ1) is 20.7. The number of rotatable bonds is 9. The Bertz CT molecular complexity index is 1690. The largest absolute Gasteiger partial charge is 0.390 e. The Labute approximate surface area is 250 Å². The summed E-state index contributed by atoms with van der Waals surface area (Å²) in [6, 6.07) is 26.3. The highest BCUT2D eigenvalue weighted by molar-refractivity contribution is 6.31. The van der Waals surface area contributed by atoms with Crippen LogP contribution in [0.1, 0.15) is 17.5 Å². The number of amides is 2. The van der Waals surface area contributed by atoms with E-state index in [-0.39, 0.29) is 13.1 Å². The molecule has 5 rings (SSSR count). The predicted molar refractivity (Wildman–Crippen MR) is 162 cm³/mol. The van der Waals surface area contributed by atoms with Gasteiger partial charge in [-0.1, -0.05) is 77.8 Å². The van der Waals surface area contributed by atoms with Gasteiger partial charge in [0.1, 0.15) is 0 Å². The van der Waals surface area contributed by atoms with Crippen molar-refractivity contribution in [2.24, 2.45) is 0 Å². The molecule has 0 aliphatic carbocycles.